The summed E-state index contributed by atoms with van der Waals surface area (Å²) in [5.74, 6) is 0.0655. The van der Waals surface area contributed by atoms with Crippen LogP contribution in [0.25, 0.3) is 0 Å². The molecule has 6 heteroatoms. The largest absolute Gasteiger partial charge is 0.352 e. The highest BCUT2D eigenvalue weighted by molar-refractivity contribution is 6.33. The maximum atomic E-state index is 13.2. The molecule has 0 saturated carbocycles. The van der Waals surface area contributed by atoms with Gasteiger partial charge in [0.05, 0.1) is 10.6 Å². The minimum atomic E-state index is -0.301. The van der Waals surface area contributed by atoms with Crippen LogP contribution in [0.2, 0.25) is 5.02 Å². The summed E-state index contributed by atoms with van der Waals surface area (Å²) in [6.07, 6.45) is 3.00. The van der Waals surface area contributed by atoms with Gasteiger partial charge < -0.3 is 10.2 Å². The summed E-state index contributed by atoms with van der Waals surface area (Å²) in [6.45, 7) is 1.70. The van der Waals surface area contributed by atoms with E-state index in [9.17, 15) is 14.0 Å². The van der Waals surface area contributed by atoms with Crippen molar-refractivity contribution in [2.75, 3.05) is 13.1 Å². The molecule has 1 N–H and O–H groups in total. The van der Waals surface area contributed by atoms with Crippen LogP contribution < -0.4 is 5.32 Å². The van der Waals surface area contributed by atoms with Crippen molar-refractivity contribution in [1.82, 2.24) is 10.2 Å². The van der Waals surface area contributed by atoms with E-state index in [1.165, 1.54) is 12.1 Å². The molecule has 1 heterocycles. The topological polar surface area (TPSA) is 49.4 Å². The van der Waals surface area contributed by atoms with E-state index in [-0.39, 0.29) is 17.6 Å². The molecule has 28 heavy (non-hydrogen) atoms. The first-order valence-corrected chi connectivity index (χ1v) is 9.95. The van der Waals surface area contributed by atoms with Gasteiger partial charge in [-0.1, -0.05) is 35.9 Å². The molecule has 2 aromatic rings. The second kappa shape index (κ2) is 9.69. The van der Waals surface area contributed by atoms with Gasteiger partial charge in [0.15, 0.2) is 0 Å². The third-order valence-corrected chi connectivity index (χ3v) is 5.49. The standard InChI is InChI=1S/C22H24ClFN2O2/c23-20-7-2-1-6-19(20)22(28)26-12-10-16(11-13-26)8-9-21(27)25-15-17-4-3-5-18(24)14-17/h1-7,14,16H,8-13,15H2,(H,25,27). The second-order valence-corrected chi connectivity index (χ2v) is 7.57. The Bertz CT molecular complexity index is 835. The number of carbonyl (C=O) groups is 2. The molecule has 148 valence electrons. The van der Waals surface area contributed by atoms with Crippen LogP contribution in [0.1, 0.15) is 41.6 Å². The van der Waals surface area contributed by atoms with Gasteiger partial charge in [-0.05, 0) is 55.0 Å². The van der Waals surface area contributed by atoms with E-state index in [0.717, 1.165) is 24.8 Å². The van der Waals surface area contributed by atoms with E-state index in [4.69, 9.17) is 11.6 Å². The average molecular weight is 403 g/mol. The highest BCUT2D eigenvalue weighted by atomic mass is 35.5. The summed E-state index contributed by atoms with van der Waals surface area (Å²) >= 11 is 6.12. The molecule has 1 aliphatic rings. The van der Waals surface area contributed by atoms with E-state index in [0.29, 0.717) is 42.6 Å². The number of hydrogen-bond acceptors (Lipinski definition) is 2. The smallest absolute Gasteiger partial charge is 0.255 e. The molecule has 1 saturated heterocycles. The number of halogens is 2. The van der Waals surface area contributed by atoms with Gasteiger partial charge >= 0.3 is 0 Å². The molecule has 2 aromatic carbocycles. The average Bonchev–Trinajstić information content (AvgIpc) is 2.71. The molecule has 2 amide bonds. The Labute approximate surface area is 169 Å². The number of benzene rings is 2. The first-order chi connectivity index (χ1) is 13.5. The number of rotatable bonds is 6. The molecule has 1 fully saturated rings. The molecule has 0 spiro atoms. The Kier molecular flexibility index (Phi) is 7.04. The Hall–Kier alpha value is -2.40. The molecule has 0 atom stereocenters. The normalized spacial score (nSPS) is 14.7. The molecule has 3 rings (SSSR count). The number of nitrogens with zero attached hydrogens (tertiary/aromatic N) is 1. The highest BCUT2D eigenvalue weighted by Gasteiger charge is 2.25. The lowest BCUT2D eigenvalue weighted by molar-refractivity contribution is -0.121. The molecule has 0 radical (unpaired) electrons. The third-order valence-electron chi connectivity index (χ3n) is 5.16. The van der Waals surface area contributed by atoms with Crippen LogP contribution in [0.15, 0.2) is 48.5 Å². The summed E-state index contributed by atoms with van der Waals surface area (Å²) in [5, 5.41) is 3.31. The molecule has 0 aliphatic carbocycles. The predicted molar refractivity (Wildman–Crippen MR) is 108 cm³/mol. The molecule has 0 unspecified atom stereocenters. The van der Waals surface area contributed by atoms with Gasteiger partial charge in [0.1, 0.15) is 5.82 Å². The van der Waals surface area contributed by atoms with Crippen molar-refractivity contribution < 1.29 is 14.0 Å². The highest BCUT2D eigenvalue weighted by Crippen LogP contribution is 2.25. The van der Waals surface area contributed by atoms with Gasteiger partial charge in [-0.15, -0.1) is 0 Å². The molecule has 0 bridgehead atoms. The number of carbonyl (C=O) groups excluding carboxylic acids is 2. The van der Waals surface area contributed by atoms with Crippen molar-refractivity contribution in [2.24, 2.45) is 5.92 Å². The van der Waals surface area contributed by atoms with E-state index in [1.807, 2.05) is 17.0 Å². The lowest BCUT2D eigenvalue weighted by Crippen LogP contribution is -2.38. The maximum Gasteiger partial charge on any atom is 0.255 e. The van der Waals surface area contributed by atoms with Gasteiger partial charge in [0.2, 0.25) is 5.91 Å². The van der Waals surface area contributed by atoms with Crippen molar-refractivity contribution in [2.45, 2.75) is 32.2 Å². The van der Waals surface area contributed by atoms with Crippen LogP contribution in [0.4, 0.5) is 4.39 Å². The van der Waals surface area contributed by atoms with Gasteiger partial charge in [-0.2, -0.15) is 0 Å². The molecular formula is C22H24ClFN2O2. The fourth-order valence-electron chi connectivity index (χ4n) is 3.50. The van der Waals surface area contributed by atoms with Crippen LogP contribution in [-0.2, 0) is 11.3 Å². The summed E-state index contributed by atoms with van der Waals surface area (Å²) in [4.78, 5) is 26.5. The van der Waals surface area contributed by atoms with Crippen LogP contribution >= 0.6 is 11.6 Å². The van der Waals surface area contributed by atoms with Gasteiger partial charge in [-0.25, -0.2) is 4.39 Å². The summed E-state index contributed by atoms with van der Waals surface area (Å²) in [7, 11) is 0. The Balaban J connectivity index is 1.39. The minimum Gasteiger partial charge on any atom is -0.352 e. The van der Waals surface area contributed by atoms with Gasteiger partial charge in [0.25, 0.3) is 5.91 Å². The van der Waals surface area contributed by atoms with E-state index < -0.39 is 0 Å². The molecule has 4 nitrogen and oxygen atoms in total. The van der Waals surface area contributed by atoms with Crippen LogP contribution in [0.5, 0.6) is 0 Å². The zero-order valence-corrected chi connectivity index (χ0v) is 16.4. The lowest BCUT2D eigenvalue weighted by Gasteiger charge is -2.32. The zero-order valence-electron chi connectivity index (χ0n) is 15.7. The van der Waals surface area contributed by atoms with Crippen molar-refractivity contribution in [1.29, 1.82) is 0 Å². The Morgan fingerprint density at radius 2 is 1.86 bits per heavy atom. The third kappa shape index (κ3) is 5.55. The number of piperidine rings is 1. The monoisotopic (exact) mass is 402 g/mol. The number of nitrogens with one attached hydrogen (secondary N) is 1. The SMILES string of the molecule is O=C(CCC1CCN(C(=O)c2ccccc2Cl)CC1)NCc1cccc(F)c1. The number of hydrogen-bond donors (Lipinski definition) is 1. The van der Waals surface area contributed by atoms with Gasteiger partial charge in [0, 0.05) is 26.1 Å². The first-order valence-electron chi connectivity index (χ1n) is 9.58. The first kappa shape index (κ1) is 20.3. The van der Waals surface area contributed by atoms with E-state index in [2.05, 4.69) is 5.32 Å². The summed E-state index contributed by atoms with van der Waals surface area (Å²) in [5.41, 5.74) is 1.29. The maximum absolute atomic E-state index is 13.2. The predicted octanol–water partition coefficient (Wildman–Crippen LogP) is 4.43. The zero-order chi connectivity index (χ0) is 19.9. The number of likely N-dealkylation sites (tertiary alicyclic amines) is 1. The van der Waals surface area contributed by atoms with Crippen LogP contribution in [0, 0.1) is 11.7 Å². The fraction of sp³-hybridized carbons (Fsp3) is 0.364. The Morgan fingerprint density at radius 1 is 1.11 bits per heavy atom. The minimum absolute atomic E-state index is 0.0289. The molecule has 1 aliphatic heterocycles. The summed E-state index contributed by atoms with van der Waals surface area (Å²) in [6, 6.07) is 13.3. The van der Waals surface area contributed by atoms with Gasteiger partial charge in [-0.3, -0.25) is 9.59 Å². The lowest BCUT2D eigenvalue weighted by atomic mass is 9.91. The van der Waals surface area contributed by atoms with Crippen molar-refractivity contribution in [3.8, 4) is 0 Å². The van der Waals surface area contributed by atoms with Crippen molar-refractivity contribution in [3.05, 3.63) is 70.5 Å². The molecular weight excluding hydrogens is 379 g/mol. The van der Waals surface area contributed by atoms with Crippen molar-refractivity contribution in [3.63, 3.8) is 0 Å². The van der Waals surface area contributed by atoms with Crippen molar-refractivity contribution >= 4 is 23.4 Å². The fourth-order valence-corrected chi connectivity index (χ4v) is 3.72. The van der Waals surface area contributed by atoms with Crippen LogP contribution in [-0.4, -0.2) is 29.8 Å². The number of amides is 2. The molecule has 0 aromatic heterocycles. The van der Waals surface area contributed by atoms with E-state index >= 15 is 0 Å². The summed E-state index contributed by atoms with van der Waals surface area (Å²) < 4.78 is 13.2. The Morgan fingerprint density at radius 3 is 2.57 bits per heavy atom. The van der Waals surface area contributed by atoms with Crippen LogP contribution in [0.3, 0.4) is 0 Å². The second-order valence-electron chi connectivity index (χ2n) is 7.16. The van der Waals surface area contributed by atoms with E-state index in [1.54, 1.807) is 24.3 Å². The quantitative estimate of drug-likeness (QED) is 0.777.